The third-order valence-corrected chi connectivity index (χ3v) is 2.45. The average Bonchev–Trinajstić information content (AvgIpc) is 2.28. The Hall–Kier alpha value is -1.61. The molecule has 78 valence electrons. The first-order chi connectivity index (χ1) is 7.27. The molecule has 0 fully saturated rings. The largest absolute Gasteiger partial charge is 0.496 e. The van der Waals surface area contributed by atoms with Crippen LogP contribution in [0.15, 0.2) is 30.3 Å². The summed E-state index contributed by atoms with van der Waals surface area (Å²) < 4.78 is 18.5. The lowest BCUT2D eigenvalue weighted by Crippen LogP contribution is -1.94. The minimum Gasteiger partial charge on any atom is -0.496 e. The molecule has 0 aliphatic rings. The van der Waals surface area contributed by atoms with E-state index in [1.54, 1.807) is 24.3 Å². The molecule has 0 unspecified atom stereocenters. The van der Waals surface area contributed by atoms with Gasteiger partial charge in [0.25, 0.3) is 0 Å². The van der Waals surface area contributed by atoms with Gasteiger partial charge in [-0.1, -0.05) is 12.1 Å². The summed E-state index contributed by atoms with van der Waals surface area (Å²) in [4.78, 5) is 0. The number of hydrogen-bond donors (Lipinski definition) is 1. The van der Waals surface area contributed by atoms with Gasteiger partial charge in [-0.15, -0.1) is 0 Å². The average molecular weight is 206 g/mol. The Morgan fingerprint density at radius 3 is 2.67 bits per heavy atom. The Balaban J connectivity index is 2.82. The van der Waals surface area contributed by atoms with E-state index in [0.717, 1.165) is 0 Å². The highest BCUT2D eigenvalue weighted by atomic mass is 19.1. The predicted octanol–water partition coefficient (Wildman–Crippen LogP) is 2.48. The van der Waals surface area contributed by atoms with Gasteiger partial charge in [0.15, 0.2) is 0 Å². The quantitative estimate of drug-likeness (QED) is 0.817. The Morgan fingerprint density at radius 1 is 1.20 bits per heavy atom. The van der Waals surface area contributed by atoms with Crippen LogP contribution in [-0.2, 0) is 6.61 Å². The van der Waals surface area contributed by atoms with Gasteiger partial charge in [0.1, 0.15) is 11.6 Å². The van der Waals surface area contributed by atoms with Gasteiger partial charge < -0.3 is 9.84 Å². The number of hydrogen-bond acceptors (Lipinski definition) is 2. The molecular weight excluding hydrogens is 195 g/mol. The standard InChI is InChI=1S/C12H11FO2/c1-15-12-6-5-9-8(10(12)7-14)3-2-4-11(9)13/h2-6,14H,7H2,1H3. The van der Waals surface area contributed by atoms with E-state index in [4.69, 9.17) is 4.74 Å². The Labute approximate surface area is 86.9 Å². The van der Waals surface area contributed by atoms with Gasteiger partial charge in [0, 0.05) is 10.9 Å². The molecular formula is C12H11FO2. The lowest BCUT2D eigenvalue weighted by molar-refractivity contribution is 0.275. The number of aliphatic hydroxyl groups is 1. The Kier molecular flexibility index (Phi) is 2.56. The molecule has 1 N–H and O–H groups in total. The minimum absolute atomic E-state index is 0.163. The molecule has 0 saturated carbocycles. The minimum atomic E-state index is -0.287. The Morgan fingerprint density at radius 2 is 2.00 bits per heavy atom. The predicted molar refractivity (Wildman–Crippen MR) is 56.4 cm³/mol. The third kappa shape index (κ3) is 1.55. The van der Waals surface area contributed by atoms with E-state index in [9.17, 15) is 9.50 Å². The van der Waals surface area contributed by atoms with E-state index in [-0.39, 0.29) is 12.4 Å². The topological polar surface area (TPSA) is 29.5 Å². The summed E-state index contributed by atoms with van der Waals surface area (Å²) in [6.07, 6.45) is 0. The van der Waals surface area contributed by atoms with Crippen LogP contribution in [0, 0.1) is 5.82 Å². The first kappa shape index (κ1) is 9.93. The van der Waals surface area contributed by atoms with Crippen molar-refractivity contribution < 1.29 is 14.2 Å². The van der Waals surface area contributed by atoms with E-state index in [2.05, 4.69) is 0 Å². The molecule has 0 atom stereocenters. The van der Waals surface area contributed by atoms with E-state index < -0.39 is 0 Å². The molecule has 0 amide bonds. The maximum absolute atomic E-state index is 13.4. The highest BCUT2D eigenvalue weighted by molar-refractivity contribution is 5.88. The van der Waals surface area contributed by atoms with Crippen LogP contribution in [0.25, 0.3) is 10.8 Å². The molecule has 0 aliphatic heterocycles. The summed E-state index contributed by atoms with van der Waals surface area (Å²) in [6, 6.07) is 8.11. The van der Waals surface area contributed by atoms with Crippen LogP contribution >= 0.6 is 0 Å². The molecule has 2 aromatic carbocycles. The number of benzene rings is 2. The SMILES string of the molecule is COc1ccc2c(F)cccc2c1CO. The lowest BCUT2D eigenvalue weighted by Gasteiger charge is -2.09. The van der Waals surface area contributed by atoms with Crippen LogP contribution in [0.1, 0.15) is 5.56 Å². The number of fused-ring (bicyclic) bond motifs is 1. The van der Waals surface area contributed by atoms with Crippen molar-refractivity contribution in [1.29, 1.82) is 0 Å². The van der Waals surface area contributed by atoms with Gasteiger partial charge in [-0.05, 0) is 23.6 Å². The number of aliphatic hydroxyl groups excluding tert-OH is 1. The van der Waals surface area contributed by atoms with Crippen molar-refractivity contribution in [2.24, 2.45) is 0 Å². The normalized spacial score (nSPS) is 10.6. The van der Waals surface area contributed by atoms with Crippen molar-refractivity contribution in [3.63, 3.8) is 0 Å². The Bertz CT molecular complexity index is 494. The van der Waals surface area contributed by atoms with Crippen molar-refractivity contribution in [3.8, 4) is 5.75 Å². The van der Waals surface area contributed by atoms with Crippen LogP contribution in [0.5, 0.6) is 5.75 Å². The van der Waals surface area contributed by atoms with Crippen molar-refractivity contribution in [2.75, 3.05) is 7.11 Å². The van der Waals surface area contributed by atoms with E-state index >= 15 is 0 Å². The van der Waals surface area contributed by atoms with Crippen LogP contribution in [-0.4, -0.2) is 12.2 Å². The van der Waals surface area contributed by atoms with E-state index in [1.165, 1.54) is 13.2 Å². The second-order valence-corrected chi connectivity index (χ2v) is 3.24. The lowest BCUT2D eigenvalue weighted by atomic mass is 10.0. The first-order valence-corrected chi connectivity index (χ1v) is 4.63. The maximum atomic E-state index is 13.4. The van der Waals surface area contributed by atoms with Crippen molar-refractivity contribution in [3.05, 3.63) is 41.7 Å². The molecule has 0 bridgehead atoms. The summed E-state index contributed by atoms with van der Waals surface area (Å²) in [5.41, 5.74) is 0.620. The van der Waals surface area contributed by atoms with Gasteiger partial charge in [0.05, 0.1) is 13.7 Å². The molecule has 0 aromatic heterocycles. The zero-order chi connectivity index (χ0) is 10.8. The van der Waals surface area contributed by atoms with Gasteiger partial charge in [-0.2, -0.15) is 0 Å². The van der Waals surface area contributed by atoms with E-state index in [1.807, 2.05) is 0 Å². The first-order valence-electron chi connectivity index (χ1n) is 4.63. The van der Waals surface area contributed by atoms with Crippen molar-refractivity contribution >= 4 is 10.8 Å². The summed E-state index contributed by atoms with van der Waals surface area (Å²) >= 11 is 0. The van der Waals surface area contributed by atoms with Crippen LogP contribution < -0.4 is 4.74 Å². The second-order valence-electron chi connectivity index (χ2n) is 3.24. The van der Waals surface area contributed by atoms with Crippen molar-refractivity contribution in [2.45, 2.75) is 6.61 Å². The zero-order valence-corrected chi connectivity index (χ0v) is 8.33. The molecule has 0 radical (unpaired) electrons. The fraction of sp³-hybridized carbons (Fsp3) is 0.167. The van der Waals surface area contributed by atoms with Gasteiger partial charge in [-0.25, -0.2) is 4.39 Å². The van der Waals surface area contributed by atoms with E-state index in [0.29, 0.717) is 22.1 Å². The zero-order valence-electron chi connectivity index (χ0n) is 8.33. The molecule has 2 nitrogen and oxygen atoms in total. The third-order valence-electron chi connectivity index (χ3n) is 2.45. The van der Waals surface area contributed by atoms with Crippen LogP contribution in [0.4, 0.5) is 4.39 Å². The summed E-state index contributed by atoms with van der Waals surface area (Å²) in [5, 5.41) is 10.4. The summed E-state index contributed by atoms with van der Waals surface area (Å²) in [7, 11) is 1.53. The monoisotopic (exact) mass is 206 g/mol. The molecule has 2 aromatic rings. The molecule has 15 heavy (non-hydrogen) atoms. The molecule has 0 heterocycles. The fourth-order valence-corrected chi connectivity index (χ4v) is 1.72. The number of halogens is 1. The van der Waals surface area contributed by atoms with Gasteiger partial charge in [-0.3, -0.25) is 0 Å². The van der Waals surface area contributed by atoms with Crippen LogP contribution in [0.3, 0.4) is 0 Å². The number of ether oxygens (including phenoxy) is 1. The molecule has 2 rings (SSSR count). The molecule has 0 aliphatic carbocycles. The highest BCUT2D eigenvalue weighted by Gasteiger charge is 2.09. The van der Waals surface area contributed by atoms with Crippen LogP contribution in [0.2, 0.25) is 0 Å². The summed E-state index contributed by atoms with van der Waals surface area (Å²) in [5.74, 6) is 0.292. The highest BCUT2D eigenvalue weighted by Crippen LogP contribution is 2.29. The molecule has 3 heteroatoms. The molecule has 0 saturated heterocycles. The van der Waals surface area contributed by atoms with Gasteiger partial charge >= 0.3 is 0 Å². The summed E-state index contributed by atoms with van der Waals surface area (Å²) in [6.45, 7) is -0.163. The second kappa shape index (κ2) is 3.87. The molecule has 0 spiro atoms. The number of rotatable bonds is 2. The van der Waals surface area contributed by atoms with Crippen molar-refractivity contribution in [1.82, 2.24) is 0 Å². The number of methoxy groups -OCH3 is 1. The fourth-order valence-electron chi connectivity index (χ4n) is 1.72. The smallest absolute Gasteiger partial charge is 0.131 e. The van der Waals surface area contributed by atoms with Gasteiger partial charge in [0.2, 0.25) is 0 Å². The maximum Gasteiger partial charge on any atom is 0.131 e.